The first-order valence-electron chi connectivity index (χ1n) is 0.707. The van der Waals surface area contributed by atoms with Crippen LogP contribution in [0.1, 0.15) is 0 Å². The van der Waals surface area contributed by atoms with Crippen LogP contribution in [0.25, 0.3) is 0 Å². The van der Waals surface area contributed by atoms with Crippen molar-refractivity contribution in [3.63, 3.8) is 0 Å². The third-order valence-electron chi connectivity index (χ3n) is 0. The number of hydrogen-bond donors (Lipinski definition) is 1. The van der Waals surface area contributed by atoms with Crippen molar-refractivity contribution in [3.8, 4) is 0 Å². The van der Waals surface area contributed by atoms with E-state index in [1.165, 1.54) is 0 Å². The molecule has 0 aromatic rings. The van der Waals surface area contributed by atoms with Crippen LogP contribution < -0.4 is 5.64 Å². The van der Waals surface area contributed by atoms with Gasteiger partial charge >= 0.3 is 7.98 Å². The van der Waals surface area contributed by atoms with E-state index in [1.807, 2.05) is 0 Å². The van der Waals surface area contributed by atoms with Gasteiger partial charge < -0.3 is 5.64 Å². The molecule has 0 heterocycles. The number of rotatable bonds is 0. The highest BCUT2D eigenvalue weighted by Crippen LogP contribution is 0.619. The van der Waals surface area contributed by atoms with Crippen LogP contribution in [0, 0.1) is 0 Å². The summed E-state index contributed by atoms with van der Waals surface area (Å²) in [5.41, 5.74) is 3.25. The lowest BCUT2D eigenvalue weighted by Gasteiger charge is -1.11. The van der Waals surface area contributed by atoms with Crippen LogP contribution >= 0.6 is 0 Å². The molecule has 0 bridgehead atoms. The lowest BCUT2D eigenvalue weighted by Crippen LogP contribution is -2.44. The van der Waals surface area contributed by atoms with Crippen molar-refractivity contribution >= 4 is 23.5 Å². The molecule has 0 aromatic carbocycles. The first kappa shape index (κ1) is 8.91. The molecule has 0 aliphatic heterocycles. The smallest absolute Gasteiger partial charge is 0.368 e. The van der Waals surface area contributed by atoms with Crippen molar-refractivity contribution in [2.75, 3.05) is 0 Å². The van der Waals surface area contributed by atoms with E-state index in [0.717, 1.165) is 7.74 Å². The number of hydrogen-bond acceptors (Lipinski definition) is 0. The summed E-state index contributed by atoms with van der Waals surface area (Å²) in [7, 11) is 4.75. The molecule has 0 spiro atoms. The zero-order valence-electron chi connectivity index (χ0n) is 2.71. The molecule has 0 amide bonds. The molecule has 0 rings (SSSR count). The Morgan fingerprint density at radius 1 is 1.25 bits per heavy atom. The molecule has 0 radical (unpaired) electrons. The Balaban J connectivity index is 0. The van der Waals surface area contributed by atoms with E-state index in [4.69, 9.17) is 0 Å². The molecule has 24 valence electrons. The fraction of sp³-hybridized carbons (Fsp3) is 0. The van der Waals surface area contributed by atoms with Gasteiger partial charge in [0.1, 0.15) is 0 Å². The number of quaternary nitrogens is 1. The third-order valence-corrected chi connectivity index (χ3v) is 0. The summed E-state index contributed by atoms with van der Waals surface area (Å²) in [5.74, 6) is 0. The van der Waals surface area contributed by atoms with Crippen molar-refractivity contribution in [3.05, 3.63) is 0 Å². The molecule has 0 saturated heterocycles. The van der Waals surface area contributed by atoms with E-state index in [2.05, 4.69) is 13.4 Å². The van der Waals surface area contributed by atoms with Crippen LogP contribution in [0.3, 0.4) is 0 Å². The topological polar surface area (TPSA) is 27.6 Å². The summed E-state index contributed by atoms with van der Waals surface area (Å²) in [6, 6.07) is 0. The molecule has 0 aliphatic carbocycles. The quantitative estimate of drug-likeness (QED) is 0.272. The van der Waals surface area contributed by atoms with Crippen LogP contribution in [0.15, 0.2) is 0 Å². The van der Waals surface area contributed by atoms with Crippen LogP contribution in [-0.4, -0.2) is 23.5 Å². The highest BCUT2D eigenvalue weighted by molar-refractivity contribution is 6.75. The second-order valence-corrected chi connectivity index (χ2v) is 0. The molecule has 0 atom stereocenters. The first-order valence-corrected chi connectivity index (χ1v) is 0.707. The molecular formula is H10B3N. The molecule has 1 nitrogen and oxygen atoms in total. The van der Waals surface area contributed by atoms with Gasteiger partial charge in [0.15, 0.2) is 0 Å². The Morgan fingerprint density at radius 3 is 1.25 bits per heavy atom. The summed E-state index contributed by atoms with van der Waals surface area (Å²) in [4.78, 5) is 0. The Kier molecular flexibility index (Phi) is 1360. The van der Waals surface area contributed by atoms with Crippen molar-refractivity contribution in [1.82, 2.24) is 0 Å². The summed E-state index contributed by atoms with van der Waals surface area (Å²) in [6.45, 7) is 0. The second kappa shape index (κ2) is 611. The van der Waals surface area contributed by atoms with Gasteiger partial charge in [0.25, 0.3) is 0 Å². The van der Waals surface area contributed by atoms with Crippen LogP contribution in [0.4, 0.5) is 0 Å². The van der Waals surface area contributed by atoms with Crippen LogP contribution in [-0.2, 0) is 0 Å². The predicted molar refractivity (Wildman–Crippen MR) is 29.9 cm³/mol. The summed E-state index contributed by atoms with van der Waals surface area (Å²) < 4.78 is 0. The largest absolute Gasteiger partial charge is 0.433 e. The fourth-order valence-corrected chi connectivity index (χ4v) is 0. The second-order valence-electron chi connectivity index (χ2n) is 0. The average molecular weight is 56.5 g/mol. The van der Waals surface area contributed by atoms with E-state index in [-0.39, 0.29) is 0 Å². The minimum absolute atomic E-state index is 0.750. The highest BCUT2D eigenvalue weighted by atomic mass is 14.3. The van der Waals surface area contributed by atoms with E-state index in [0.29, 0.717) is 0 Å². The summed E-state index contributed by atoms with van der Waals surface area (Å²) >= 11 is 0. The molecule has 0 saturated carbocycles. The predicted octanol–water partition coefficient (Wildman–Crippen LogP) is -4.32. The van der Waals surface area contributed by atoms with Crippen molar-refractivity contribution in [1.29, 1.82) is 0 Å². The minimum atomic E-state index is 0.750. The van der Waals surface area contributed by atoms with Gasteiger partial charge in [-0.3, -0.25) is 0 Å². The highest BCUT2D eigenvalue weighted by Gasteiger charge is 1.04. The molecule has 4 heteroatoms. The third kappa shape index (κ3) is 120. The lowest BCUT2D eigenvalue weighted by atomic mass is 9.81. The van der Waals surface area contributed by atoms with Gasteiger partial charge in [-0.1, -0.05) is 15.5 Å². The Bertz CT molecular complexity index is 3.25. The van der Waals surface area contributed by atoms with Gasteiger partial charge in [0, 0.05) is 0 Å². The van der Waals surface area contributed by atoms with Gasteiger partial charge in [0.2, 0.25) is 0 Å². The van der Waals surface area contributed by atoms with E-state index in [1.54, 1.807) is 7.98 Å². The molecule has 0 aromatic heterocycles. The van der Waals surface area contributed by atoms with Gasteiger partial charge in [-0.05, 0) is 0 Å². The maximum atomic E-state index is 3.25. The van der Waals surface area contributed by atoms with Crippen molar-refractivity contribution in [2.24, 2.45) is 0 Å². The standard InChI is InChI=1S/B2H5.BH5N/c2*1-2/h2*1H2,2H3/q-1;+1. The van der Waals surface area contributed by atoms with Gasteiger partial charge in [0.05, 0.1) is 0 Å². The van der Waals surface area contributed by atoms with Gasteiger partial charge in [-0.2, -0.15) is 0 Å². The zero-order chi connectivity index (χ0) is 4.00. The van der Waals surface area contributed by atoms with E-state index in [9.17, 15) is 0 Å². The molecular weight excluding hydrogens is 46.4 g/mol. The Hall–Kier alpha value is 0.155. The van der Waals surface area contributed by atoms with E-state index < -0.39 is 0 Å². The summed E-state index contributed by atoms with van der Waals surface area (Å²) in [5, 5.41) is 0. The molecule has 3 N–H and O–H groups in total. The summed E-state index contributed by atoms with van der Waals surface area (Å²) in [6.07, 6.45) is 0. The SMILES string of the molecule is B[BH3-].B[NH3+]. The zero-order valence-corrected chi connectivity index (χ0v) is 2.71. The Morgan fingerprint density at radius 2 is 1.25 bits per heavy atom. The molecule has 4 heavy (non-hydrogen) atoms. The normalized spacial score (nSPS) is 2.50. The van der Waals surface area contributed by atoms with Crippen molar-refractivity contribution < 1.29 is 5.64 Å². The minimum Gasteiger partial charge on any atom is -0.433 e. The lowest BCUT2D eigenvalue weighted by molar-refractivity contribution is -0.169. The maximum Gasteiger partial charge on any atom is 0.368 e. The maximum absolute atomic E-state index is 3.25. The first-order chi connectivity index (χ1) is 2.00. The monoisotopic (exact) mass is 57.1 g/mol. The van der Waals surface area contributed by atoms with Crippen molar-refractivity contribution in [2.45, 2.75) is 0 Å². The molecule has 0 aliphatic rings. The van der Waals surface area contributed by atoms with Gasteiger partial charge in [-0.15, -0.1) is 0 Å². The fourth-order valence-electron chi connectivity index (χ4n) is 0. The van der Waals surface area contributed by atoms with Crippen LogP contribution in [0.5, 0.6) is 0 Å². The van der Waals surface area contributed by atoms with Crippen LogP contribution in [0.2, 0.25) is 0 Å². The average Bonchev–Trinajstić information content (AvgIpc) is 1.50. The molecule has 0 unspecified atom stereocenters. The van der Waals surface area contributed by atoms with Gasteiger partial charge in [-0.25, -0.2) is 0 Å². The Labute approximate surface area is 30.2 Å². The van der Waals surface area contributed by atoms with E-state index >= 15 is 0 Å². The molecule has 0 fully saturated rings.